The van der Waals surface area contributed by atoms with E-state index < -0.39 is 10.0 Å². The number of nitrogens with zero attached hydrogens (tertiary/aromatic N) is 2. The standard InChI is InChI=1S/C22H22ClN3O3S/c23-20-7-3-4-8-21(20)24-16-22(27)25-11-13-26(14-12-25)30(28,29)19-10-9-17-5-1-2-6-18(17)15-19/h1-10,15,24H,11-14,16H2. The number of para-hydroxylation sites is 1. The summed E-state index contributed by atoms with van der Waals surface area (Å²) in [5.74, 6) is -0.0855. The molecule has 1 N–H and O–H groups in total. The molecule has 6 nitrogen and oxygen atoms in total. The van der Waals surface area contributed by atoms with Crippen LogP contribution in [-0.2, 0) is 14.8 Å². The normalized spacial score (nSPS) is 15.3. The van der Waals surface area contributed by atoms with Crippen molar-refractivity contribution in [1.82, 2.24) is 9.21 Å². The number of nitrogens with one attached hydrogen (secondary N) is 1. The van der Waals surface area contributed by atoms with Gasteiger partial charge < -0.3 is 10.2 Å². The molecule has 0 spiro atoms. The summed E-state index contributed by atoms with van der Waals surface area (Å²) in [6.45, 7) is 1.37. The molecule has 1 aliphatic heterocycles. The highest BCUT2D eigenvalue weighted by Crippen LogP contribution is 2.23. The van der Waals surface area contributed by atoms with Gasteiger partial charge in [-0.15, -0.1) is 0 Å². The average Bonchev–Trinajstić information content (AvgIpc) is 2.78. The molecule has 1 aliphatic rings. The molecule has 1 fully saturated rings. The predicted octanol–water partition coefficient (Wildman–Crippen LogP) is 3.44. The number of amides is 1. The smallest absolute Gasteiger partial charge is 0.243 e. The lowest BCUT2D eigenvalue weighted by atomic mass is 10.1. The zero-order valence-corrected chi connectivity index (χ0v) is 17.9. The molecule has 3 aromatic carbocycles. The van der Waals surface area contributed by atoms with Crippen molar-refractivity contribution >= 4 is 44.0 Å². The van der Waals surface area contributed by atoms with Gasteiger partial charge in [0.15, 0.2) is 0 Å². The zero-order valence-electron chi connectivity index (χ0n) is 16.3. The van der Waals surface area contributed by atoms with E-state index in [9.17, 15) is 13.2 Å². The Morgan fingerprint density at radius 2 is 1.57 bits per heavy atom. The molecule has 0 unspecified atom stereocenters. The maximum absolute atomic E-state index is 13.1. The van der Waals surface area contributed by atoms with E-state index in [0.717, 1.165) is 10.8 Å². The number of sulfonamides is 1. The molecule has 0 aromatic heterocycles. The summed E-state index contributed by atoms with van der Waals surface area (Å²) < 4.78 is 27.5. The lowest BCUT2D eigenvalue weighted by Gasteiger charge is -2.34. The van der Waals surface area contributed by atoms with Gasteiger partial charge in [-0.3, -0.25) is 4.79 Å². The van der Waals surface area contributed by atoms with Crippen LogP contribution < -0.4 is 5.32 Å². The number of anilines is 1. The molecular weight excluding hydrogens is 422 g/mol. The summed E-state index contributed by atoms with van der Waals surface area (Å²) in [5.41, 5.74) is 0.699. The van der Waals surface area contributed by atoms with E-state index in [1.807, 2.05) is 48.5 Å². The van der Waals surface area contributed by atoms with E-state index in [4.69, 9.17) is 11.6 Å². The van der Waals surface area contributed by atoms with Crippen molar-refractivity contribution in [3.05, 3.63) is 71.8 Å². The van der Waals surface area contributed by atoms with Crippen molar-refractivity contribution in [3.8, 4) is 0 Å². The molecule has 0 bridgehead atoms. The van der Waals surface area contributed by atoms with Crippen LogP contribution in [0, 0.1) is 0 Å². The molecule has 1 amide bonds. The molecule has 1 heterocycles. The molecule has 0 radical (unpaired) electrons. The minimum Gasteiger partial charge on any atom is -0.375 e. The number of carbonyl (C=O) groups is 1. The number of carbonyl (C=O) groups excluding carboxylic acids is 1. The lowest BCUT2D eigenvalue weighted by molar-refractivity contribution is -0.130. The molecule has 30 heavy (non-hydrogen) atoms. The fourth-order valence-electron chi connectivity index (χ4n) is 3.54. The topological polar surface area (TPSA) is 69.7 Å². The molecule has 1 saturated heterocycles. The second-order valence-electron chi connectivity index (χ2n) is 7.13. The van der Waals surface area contributed by atoms with Crippen LogP contribution in [-0.4, -0.2) is 56.3 Å². The van der Waals surface area contributed by atoms with Crippen molar-refractivity contribution in [2.45, 2.75) is 4.90 Å². The van der Waals surface area contributed by atoms with E-state index >= 15 is 0 Å². The Kier molecular flexibility index (Phi) is 5.94. The number of halogens is 1. The number of rotatable bonds is 5. The first-order chi connectivity index (χ1) is 14.4. The van der Waals surface area contributed by atoms with Gasteiger partial charge in [0, 0.05) is 26.2 Å². The number of benzene rings is 3. The highest BCUT2D eigenvalue weighted by atomic mass is 35.5. The third kappa shape index (κ3) is 4.28. The van der Waals surface area contributed by atoms with Gasteiger partial charge in [-0.2, -0.15) is 4.31 Å². The van der Waals surface area contributed by atoms with Gasteiger partial charge >= 0.3 is 0 Å². The summed E-state index contributed by atoms with van der Waals surface area (Å²) in [7, 11) is -3.60. The maximum Gasteiger partial charge on any atom is 0.243 e. The molecular formula is C22H22ClN3O3S. The van der Waals surface area contributed by atoms with Crippen molar-refractivity contribution in [2.24, 2.45) is 0 Å². The van der Waals surface area contributed by atoms with E-state index in [-0.39, 0.29) is 30.4 Å². The summed E-state index contributed by atoms with van der Waals surface area (Å²) in [6.07, 6.45) is 0. The third-order valence-corrected chi connectivity index (χ3v) is 7.48. The quantitative estimate of drug-likeness (QED) is 0.655. The Bertz CT molecular complexity index is 1170. The maximum atomic E-state index is 13.1. The SMILES string of the molecule is O=C(CNc1ccccc1Cl)N1CCN(S(=O)(=O)c2ccc3ccccc3c2)CC1. The van der Waals surface area contributed by atoms with Gasteiger partial charge in [0.25, 0.3) is 0 Å². The van der Waals surface area contributed by atoms with Crippen molar-refractivity contribution in [2.75, 3.05) is 38.0 Å². The van der Waals surface area contributed by atoms with Crippen molar-refractivity contribution in [1.29, 1.82) is 0 Å². The Morgan fingerprint density at radius 3 is 2.30 bits per heavy atom. The largest absolute Gasteiger partial charge is 0.375 e. The molecule has 0 aliphatic carbocycles. The fourth-order valence-corrected chi connectivity index (χ4v) is 5.20. The van der Waals surface area contributed by atoms with Crippen molar-refractivity contribution in [3.63, 3.8) is 0 Å². The van der Waals surface area contributed by atoms with Crippen LogP contribution in [0.5, 0.6) is 0 Å². The molecule has 4 rings (SSSR count). The molecule has 3 aromatic rings. The molecule has 0 saturated carbocycles. The number of fused-ring (bicyclic) bond motifs is 1. The Morgan fingerprint density at radius 1 is 0.900 bits per heavy atom. The van der Waals surface area contributed by atoms with Crippen LogP contribution in [0.1, 0.15) is 0 Å². The van der Waals surface area contributed by atoms with Gasteiger partial charge in [0.05, 0.1) is 22.2 Å². The molecule has 0 atom stereocenters. The van der Waals surface area contributed by atoms with Crippen LogP contribution in [0.3, 0.4) is 0 Å². The first kappa shape index (κ1) is 20.7. The first-order valence-corrected chi connectivity index (χ1v) is 11.5. The van der Waals surface area contributed by atoms with Crippen LogP contribution in [0.25, 0.3) is 10.8 Å². The van der Waals surface area contributed by atoms with Gasteiger partial charge in [0.2, 0.25) is 15.9 Å². The predicted molar refractivity (Wildman–Crippen MR) is 119 cm³/mol. The van der Waals surface area contributed by atoms with Gasteiger partial charge in [-0.1, -0.05) is 54.1 Å². The van der Waals surface area contributed by atoms with Gasteiger partial charge in [-0.25, -0.2) is 8.42 Å². The van der Waals surface area contributed by atoms with Crippen LogP contribution in [0.2, 0.25) is 5.02 Å². The number of piperazine rings is 1. The van der Waals surface area contributed by atoms with Crippen molar-refractivity contribution < 1.29 is 13.2 Å². The first-order valence-electron chi connectivity index (χ1n) is 9.70. The fraction of sp³-hybridized carbons (Fsp3) is 0.227. The van der Waals surface area contributed by atoms with Gasteiger partial charge in [0.1, 0.15) is 0 Å². The Labute approximate surface area is 181 Å². The van der Waals surface area contributed by atoms with Crippen LogP contribution in [0.4, 0.5) is 5.69 Å². The molecule has 156 valence electrons. The Hall–Kier alpha value is -2.61. The monoisotopic (exact) mass is 443 g/mol. The van der Waals surface area contributed by atoms with E-state index in [2.05, 4.69) is 5.32 Å². The lowest BCUT2D eigenvalue weighted by Crippen LogP contribution is -2.51. The summed E-state index contributed by atoms with van der Waals surface area (Å²) in [4.78, 5) is 14.5. The number of hydrogen-bond donors (Lipinski definition) is 1. The second kappa shape index (κ2) is 8.63. The number of hydrogen-bond acceptors (Lipinski definition) is 4. The second-order valence-corrected chi connectivity index (χ2v) is 9.47. The Balaban J connectivity index is 1.38. The van der Waals surface area contributed by atoms with Gasteiger partial charge in [-0.05, 0) is 35.0 Å². The summed E-state index contributed by atoms with van der Waals surface area (Å²) >= 11 is 6.10. The summed E-state index contributed by atoms with van der Waals surface area (Å²) in [6, 6.07) is 20.1. The van der Waals surface area contributed by atoms with Crippen LogP contribution in [0.15, 0.2) is 71.6 Å². The van der Waals surface area contributed by atoms with E-state index in [1.54, 1.807) is 23.1 Å². The minimum absolute atomic E-state index is 0.0855. The zero-order chi connectivity index (χ0) is 21.1. The van der Waals surface area contributed by atoms with E-state index in [1.165, 1.54) is 4.31 Å². The van der Waals surface area contributed by atoms with Crippen LogP contribution >= 0.6 is 11.6 Å². The third-order valence-electron chi connectivity index (χ3n) is 5.25. The molecule has 8 heteroatoms. The average molecular weight is 444 g/mol. The van der Waals surface area contributed by atoms with E-state index in [0.29, 0.717) is 23.8 Å². The highest BCUT2D eigenvalue weighted by Gasteiger charge is 2.30. The summed E-state index contributed by atoms with van der Waals surface area (Å²) in [5, 5.41) is 5.48. The highest BCUT2D eigenvalue weighted by molar-refractivity contribution is 7.89. The minimum atomic E-state index is -3.60.